The van der Waals surface area contributed by atoms with Gasteiger partial charge in [-0.2, -0.15) is 0 Å². The molecule has 1 fully saturated rings. The highest BCUT2D eigenvalue weighted by molar-refractivity contribution is 5.73. The summed E-state index contributed by atoms with van der Waals surface area (Å²) in [6.45, 7) is 6.19. The summed E-state index contributed by atoms with van der Waals surface area (Å²) < 4.78 is 5.68. The van der Waals surface area contributed by atoms with Gasteiger partial charge in [0, 0.05) is 49.6 Å². The molecule has 0 spiro atoms. The molecular weight excluding hydrogens is 266 g/mol. The number of rotatable bonds is 5. The smallest absolute Gasteiger partial charge is 0.217 e. The van der Waals surface area contributed by atoms with E-state index in [1.807, 2.05) is 18.2 Å². The number of ether oxygens (including phenoxy) is 1. The zero-order valence-corrected chi connectivity index (χ0v) is 12.9. The molecule has 1 aromatic carbocycles. The summed E-state index contributed by atoms with van der Waals surface area (Å²) >= 11 is 0. The molecule has 5 heteroatoms. The van der Waals surface area contributed by atoms with Crippen LogP contribution in [0.25, 0.3) is 0 Å². The van der Waals surface area contributed by atoms with Crippen LogP contribution in [-0.4, -0.2) is 31.6 Å². The van der Waals surface area contributed by atoms with Gasteiger partial charge in [-0.1, -0.05) is 6.92 Å². The first kappa shape index (κ1) is 15.5. The van der Waals surface area contributed by atoms with E-state index in [0.717, 1.165) is 49.5 Å². The minimum atomic E-state index is 0.0488. The largest absolute Gasteiger partial charge is 0.493 e. The second-order valence-electron chi connectivity index (χ2n) is 5.57. The van der Waals surface area contributed by atoms with Gasteiger partial charge < -0.3 is 20.7 Å². The van der Waals surface area contributed by atoms with Crippen LogP contribution in [0.3, 0.4) is 0 Å². The number of nitrogens with two attached hydrogens (primary N) is 1. The van der Waals surface area contributed by atoms with Gasteiger partial charge in [0.1, 0.15) is 5.75 Å². The lowest BCUT2D eigenvalue weighted by Crippen LogP contribution is -2.44. The lowest BCUT2D eigenvalue weighted by atomic mass is 10.0. The molecule has 116 valence electrons. The maximum absolute atomic E-state index is 11.1. The van der Waals surface area contributed by atoms with Crippen molar-refractivity contribution in [1.82, 2.24) is 5.32 Å². The number of hydrogen-bond acceptors (Lipinski definition) is 4. The second-order valence-corrected chi connectivity index (χ2v) is 5.57. The van der Waals surface area contributed by atoms with Crippen molar-refractivity contribution in [2.24, 2.45) is 0 Å². The maximum Gasteiger partial charge on any atom is 0.217 e. The van der Waals surface area contributed by atoms with Crippen LogP contribution in [0, 0.1) is 0 Å². The predicted octanol–water partition coefficient (Wildman–Crippen LogP) is 2.16. The van der Waals surface area contributed by atoms with Gasteiger partial charge in [-0.05, 0) is 25.3 Å². The third kappa shape index (κ3) is 4.55. The van der Waals surface area contributed by atoms with Crippen molar-refractivity contribution in [3.05, 3.63) is 18.2 Å². The van der Waals surface area contributed by atoms with Gasteiger partial charge in [-0.15, -0.1) is 0 Å². The lowest BCUT2D eigenvalue weighted by Gasteiger charge is -2.34. The Morgan fingerprint density at radius 1 is 1.38 bits per heavy atom. The van der Waals surface area contributed by atoms with Crippen LogP contribution in [-0.2, 0) is 4.79 Å². The topological polar surface area (TPSA) is 67.6 Å². The number of nitrogens with one attached hydrogen (secondary N) is 1. The van der Waals surface area contributed by atoms with Crippen molar-refractivity contribution in [3.63, 3.8) is 0 Å². The number of benzene rings is 1. The molecule has 3 N–H and O–H groups in total. The number of anilines is 2. The van der Waals surface area contributed by atoms with Crippen LogP contribution in [0.5, 0.6) is 5.75 Å². The second kappa shape index (κ2) is 7.20. The number of amides is 1. The Kier molecular flexibility index (Phi) is 5.31. The Hall–Kier alpha value is -1.91. The maximum atomic E-state index is 11.1. The van der Waals surface area contributed by atoms with Crippen molar-refractivity contribution < 1.29 is 9.53 Å². The van der Waals surface area contributed by atoms with E-state index in [2.05, 4.69) is 17.1 Å². The van der Waals surface area contributed by atoms with Gasteiger partial charge in [-0.3, -0.25) is 4.79 Å². The molecule has 0 bridgehead atoms. The normalized spacial score (nSPS) is 15.8. The Balaban J connectivity index is 1.99. The van der Waals surface area contributed by atoms with E-state index in [9.17, 15) is 4.79 Å². The molecule has 1 saturated heterocycles. The number of carbonyl (C=O) groups is 1. The van der Waals surface area contributed by atoms with Crippen molar-refractivity contribution in [1.29, 1.82) is 0 Å². The van der Waals surface area contributed by atoms with E-state index in [0.29, 0.717) is 6.61 Å². The minimum absolute atomic E-state index is 0.0488. The number of piperidine rings is 1. The Morgan fingerprint density at radius 3 is 2.71 bits per heavy atom. The van der Waals surface area contributed by atoms with Gasteiger partial charge in [0.05, 0.1) is 6.61 Å². The highest BCUT2D eigenvalue weighted by Gasteiger charge is 2.20. The van der Waals surface area contributed by atoms with Gasteiger partial charge >= 0.3 is 0 Å². The summed E-state index contributed by atoms with van der Waals surface area (Å²) in [7, 11) is 0. The van der Waals surface area contributed by atoms with E-state index < -0.39 is 0 Å². The third-order valence-corrected chi connectivity index (χ3v) is 3.65. The molecule has 1 heterocycles. The van der Waals surface area contributed by atoms with Crippen LogP contribution in [0.15, 0.2) is 18.2 Å². The highest BCUT2D eigenvalue weighted by Crippen LogP contribution is 2.28. The first-order chi connectivity index (χ1) is 10.1. The number of hydrogen-bond donors (Lipinski definition) is 2. The molecule has 1 aliphatic rings. The molecule has 21 heavy (non-hydrogen) atoms. The highest BCUT2D eigenvalue weighted by atomic mass is 16.5. The Bertz CT molecular complexity index is 482. The number of nitrogen functional groups attached to an aromatic ring is 1. The summed E-state index contributed by atoms with van der Waals surface area (Å²) in [4.78, 5) is 13.4. The number of nitrogens with zero attached hydrogens (tertiary/aromatic N) is 1. The van der Waals surface area contributed by atoms with Crippen LogP contribution >= 0.6 is 0 Å². The predicted molar refractivity (Wildman–Crippen MR) is 85.7 cm³/mol. The fraction of sp³-hybridized carbons (Fsp3) is 0.562. The van der Waals surface area contributed by atoms with Gasteiger partial charge in [-0.25, -0.2) is 0 Å². The summed E-state index contributed by atoms with van der Waals surface area (Å²) in [6.07, 6.45) is 2.89. The first-order valence-electron chi connectivity index (χ1n) is 7.64. The minimum Gasteiger partial charge on any atom is -0.493 e. The van der Waals surface area contributed by atoms with E-state index >= 15 is 0 Å². The van der Waals surface area contributed by atoms with Crippen molar-refractivity contribution in [3.8, 4) is 5.75 Å². The van der Waals surface area contributed by atoms with Crippen molar-refractivity contribution in [2.75, 3.05) is 30.3 Å². The standard InChI is InChI=1S/C16H25N3O2/c1-3-8-21-16-10-13(17)9-15(11-16)19-6-4-14(5-7-19)18-12(2)20/h9-11,14H,3-8,17H2,1-2H3,(H,18,20). The molecule has 0 saturated carbocycles. The molecule has 1 amide bonds. The molecule has 2 rings (SSSR count). The van der Waals surface area contributed by atoms with Crippen LogP contribution in [0.2, 0.25) is 0 Å². The molecule has 0 unspecified atom stereocenters. The SMILES string of the molecule is CCCOc1cc(N)cc(N2CCC(NC(C)=O)CC2)c1. The Labute approximate surface area is 126 Å². The molecule has 5 nitrogen and oxygen atoms in total. The average molecular weight is 291 g/mol. The molecule has 0 aromatic heterocycles. The van der Waals surface area contributed by atoms with E-state index in [1.54, 1.807) is 6.92 Å². The Morgan fingerprint density at radius 2 is 2.10 bits per heavy atom. The van der Waals surface area contributed by atoms with Crippen LogP contribution < -0.4 is 20.7 Å². The summed E-state index contributed by atoms with van der Waals surface area (Å²) in [5, 5.41) is 2.99. The molecule has 1 aliphatic heterocycles. The van der Waals surface area contributed by atoms with Gasteiger partial charge in [0.2, 0.25) is 5.91 Å². The van der Waals surface area contributed by atoms with Crippen molar-refractivity contribution >= 4 is 17.3 Å². The molecule has 0 atom stereocenters. The fourth-order valence-electron chi connectivity index (χ4n) is 2.66. The summed E-state index contributed by atoms with van der Waals surface area (Å²) in [6, 6.07) is 6.18. The molecular formula is C16H25N3O2. The van der Waals surface area contributed by atoms with Gasteiger partial charge in [0.25, 0.3) is 0 Å². The zero-order chi connectivity index (χ0) is 15.2. The fourth-order valence-corrected chi connectivity index (χ4v) is 2.66. The van der Waals surface area contributed by atoms with E-state index in [1.165, 1.54) is 0 Å². The quantitative estimate of drug-likeness (QED) is 0.816. The molecule has 0 radical (unpaired) electrons. The molecule has 0 aliphatic carbocycles. The van der Waals surface area contributed by atoms with Crippen molar-refractivity contribution in [2.45, 2.75) is 39.2 Å². The monoisotopic (exact) mass is 291 g/mol. The zero-order valence-electron chi connectivity index (χ0n) is 12.9. The average Bonchev–Trinajstić information content (AvgIpc) is 2.44. The summed E-state index contributed by atoms with van der Waals surface area (Å²) in [5.74, 6) is 0.878. The summed E-state index contributed by atoms with van der Waals surface area (Å²) in [5.41, 5.74) is 7.79. The van der Waals surface area contributed by atoms with E-state index in [4.69, 9.17) is 10.5 Å². The van der Waals surface area contributed by atoms with E-state index in [-0.39, 0.29) is 11.9 Å². The number of carbonyl (C=O) groups excluding carboxylic acids is 1. The van der Waals surface area contributed by atoms with Gasteiger partial charge in [0.15, 0.2) is 0 Å². The molecule has 1 aromatic rings. The van der Waals surface area contributed by atoms with Crippen LogP contribution in [0.1, 0.15) is 33.1 Å². The third-order valence-electron chi connectivity index (χ3n) is 3.65. The lowest BCUT2D eigenvalue weighted by molar-refractivity contribution is -0.119. The first-order valence-corrected chi connectivity index (χ1v) is 7.64. The van der Waals surface area contributed by atoms with Crippen LogP contribution in [0.4, 0.5) is 11.4 Å².